The molecule has 0 atom stereocenters. The molecule has 0 aliphatic carbocycles. The molecule has 1 aromatic heterocycles. The van der Waals surface area contributed by atoms with Crippen LogP contribution in [0.15, 0.2) is 30.3 Å². The fourth-order valence-electron chi connectivity index (χ4n) is 1.85. The van der Waals surface area contributed by atoms with E-state index in [1.54, 1.807) is 0 Å². The molecule has 3 rings (SSSR count). The summed E-state index contributed by atoms with van der Waals surface area (Å²) in [5.74, 6) is 0.221. The van der Waals surface area contributed by atoms with Gasteiger partial charge in [-0.2, -0.15) is 0 Å². The van der Waals surface area contributed by atoms with Gasteiger partial charge in [-0.05, 0) is 53.3 Å². The number of phenolic OH excluding ortho intramolecular Hbond substituents is 1. The number of fused-ring (bicyclic) bond motifs is 2. The van der Waals surface area contributed by atoms with Crippen molar-refractivity contribution in [2.45, 2.75) is 6.92 Å². The van der Waals surface area contributed by atoms with E-state index in [1.165, 1.54) is 0 Å². The molecule has 0 aliphatic rings. The molecule has 0 radical (unpaired) electrons. The lowest BCUT2D eigenvalue weighted by Gasteiger charge is -2.06. The van der Waals surface area contributed by atoms with Crippen LogP contribution in [0.2, 0.25) is 0 Å². The second-order valence-corrected chi connectivity index (χ2v) is 5.10. The van der Waals surface area contributed by atoms with Crippen LogP contribution in [-0.2, 0) is 0 Å². The molecular weight excluding hydrogens is 327 g/mol. The van der Waals surface area contributed by atoms with E-state index in [4.69, 9.17) is 0 Å². The zero-order valence-corrected chi connectivity index (χ0v) is 11.3. The summed E-state index contributed by atoms with van der Waals surface area (Å²) < 4.78 is 1.01. The zero-order valence-electron chi connectivity index (χ0n) is 9.11. The van der Waals surface area contributed by atoms with Crippen LogP contribution in [0.5, 0.6) is 5.75 Å². The number of hydrogen-bond acceptors (Lipinski definition) is 3. The largest absolute Gasteiger partial charge is 0.505 e. The lowest BCUT2D eigenvalue weighted by molar-refractivity contribution is 0.476. The minimum absolute atomic E-state index is 0.221. The van der Waals surface area contributed by atoms with Crippen LogP contribution in [0.1, 0.15) is 5.56 Å². The Morgan fingerprint density at radius 3 is 2.29 bits per heavy atom. The van der Waals surface area contributed by atoms with Gasteiger partial charge in [0.1, 0.15) is 16.8 Å². The number of aromatic hydroxyl groups is 1. The van der Waals surface area contributed by atoms with Gasteiger partial charge in [-0.15, -0.1) is 0 Å². The van der Waals surface area contributed by atoms with Gasteiger partial charge in [-0.25, -0.2) is 9.97 Å². The molecule has 0 saturated heterocycles. The van der Waals surface area contributed by atoms with E-state index in [0.717, 1.165) is 25.7 Å². The van der Waals surface area contributed by atoms with E-state index < -0.39 is 0 Å². The van der Waals surface area contributed by atoms with Crippen LogP contribution >= 0.6 is 22.6 Å². The van der Waals surface area contributed by atoms with Crippen LogP contribution in [0.4, 0.5) is 0 Å². The van der Waals surface area contributed by atoms with Crippen molar-refractivity contribution in [3.8, 4) is 5.75 Å². The second kappa shape index (κ2) is 3.80. The van der Waals surface area contributed by atoms with Gasteiger partial charge in [-0.1, -0.05) is 12.1 Å². The van der Waals surface area contributed by atoms with Crippen LogP contribution in [-0.4, -0.2) is 15.1 Å². The number of aryl methyl sites for hydroxylation is 1. The molecule has 0 saturated carbocycles. The molecule has 84 valence electrons. The highest BCUT2D eigenvalue weighted by Crippen LogP contribution is 2.30. The molecule has 4 heteroatoms. The van der Waals surface area contributed by atoms with Crippen LogP contribution in [0, 0.1) is 10.5 Å². The molecule has 0 unspecified atom stereocenters. The molecule has 17 heavy (non-hydrogen) atoms. The highest BCUT2D eigenvalue weighted by molar-refractivity contribution is 14.1. The van der Waals surface area contributed by atoms with E-state index in [9.17, 15) is 5.11 Å². The van der Waals surface area contributed by atoms with E-state index in [0.29, 0.717) is 5.52 Å². The molecule has 0 bridgehead atoms. The van der Waals surface area contributed by atoms with Crippen molar-refractivity contribution in [3.05, 3.63) is 39.5 Å². The Hall–Kier alpha value is -1.43. The predicted octanol–water partition coefficient (Wildman–Crippen LogP) is 3.40. The summed E-state index contributed by atoms with van der Waals surface area (Å²) in [5.41, 5.74) is 3.81. The first-order valence-corrected chi connectivity index (χ1v) is 6.29. The lowest BCUT2D eigenvalue weighted by Crippen LogP contribution is -1.92. The number of aromatic nitrogens is 2. The van der Waals surface area contributed by atoms with Gasteiger partial charge in [0.2, 0.25) is 0 Å². The molecule has 0 spiro atoms. The SMILES string of the molecule is Cc1cc(I)c2nc3ccccc3nc2c1O. The van der Waals surface area contributed by atoms with Crippen molar-refractivity contribution in [2.24, 2.45) is 0 Å². The van der Waals surface area contributed by atoms with Crippen molar-refractivity contribution >= 4 is 44.7 Å². The van der Waals surface area contributed by atoms with E-state index in [-0.39, 0.29) is 5.75 Å². The van der Waals surface area contributed by atoms with Gasteiger partial charge in [0.05, 0.1) is 11.0 Å². The third-order valence-corrected chi connectivity index (χ3v) is 3.56. The van der Waals surface area contributed by atoms with Gasteiger partial charge >= 0.3 is 0 Å². The molecule has 3 nitrogen and oxygen atoms in total. The summed E-state index contributed by atoms with van der Waals surface area (Å²) in [6.07, 6.45) is 0. The minimum atomic E-state index is 0.221. The summed E-state index contributed by atoms with van der Waals surface area (Å²) in [7, 11) is 0. The Balaban J connectivity index is 2.56. The zero-order chi connectivity index (χ0) is 12.0. The Bertz CT molecular complexity index is 740. The highest BCUT2D eigenvalue weighted by atomic mass is 127. The van der Waals surface area contributed by atoms with Gasteiger partial charge in [-0.3, -0.25) is 0 Å². The molecule has 1 N–H and O–H groups in total. The lowest BCUT2D eigenvalue weighted by atomic mass is 10.2. The molecular formula is C13H9IN2O. The van der Waals surface area contributed by atoms with Crippen molar-refractivity contribution in [1.82, 2.24) is 9.97 Å². The monoisotopic (exact) mass is 336 g/mol. The Morgan fingerprint density at radius 1 is 1.06 bits per heavy atom. The average Bonchev–Trinajstić information content (AvgIpc) is 2.34. The third kappa shape index (κ3) is 1.63. The molecule has 0 amide bonds. The number of halogens is 1. The molecule has 0 fully saturated rings. The second-order valence-electron chi connectivity index (χ2n) is 3.93. The standard InChI is InChI=1S/C13H9IN2O/c1-7-6-8(14)11-12(13(7)17)16-10-5-3-2-4-9(10)15-11/h2-6,17H,1H3. The number of para-hydroxylation sites is 2. The highest BCUT2D eigenvalue weighted by Gasteiger charge is 2.11. The topological polar surface area (TPSA) is 46.0 Å². The maximum absolute atomic E-state index is 10.0. The van der Waals surface area contributed by atoms with Crippen LogP contribution in [0.3, 0.4) is 0 Å². The van der Waals surface area contributed by atoms with E-state index in [2.05, 4.69) is 32.6 Å². The number of nitrogens with zero attached hydrogens (tertiary/aromatic N) is 2. The maximum Gasteiger partial charge on any atom is 0.146 e. The quantitative estimate of drug-likeness (QED) is 0.506. The Kier molecular flexibility index (Phi) is 2.39. The van der Waals surface area contributed by atoms with Crippen molar-refractivity contribution in [3.63, 3.8) is 0 Å². The van der Waals surface area contributed by atoms with E-state index >= 15 is 0 Å². The smallest absolute Gasteiger partial charge is 0.146 e. The number of phenols is 1. The van der Waals surface area contributed by atoms with Crippen LogP contribution < -0.4 is 0 Å². The molecule has 2 aromatic carbocycles. The summed E-state index contributed by atoms with van der Waals surface area (Å²) in [5, 5.41) is 10.0. The Labute approximate surface area is 112 Å². The number of hydrogen-bond donors (Lipinski definition) is 1. The normalized spacial score (nSPS) is 11.2. The summed E-state index contributed by atoms with van der Waals surface area (Å²) >= 11 is 2.22. The first kappa shape index (κ1) is 10.7. The number of rotatable bonds is 0. The molecule has 1 heterocycles. The van der Waals surface area contributed by atoms with Gasteiger partial charge in [0.15, 0.2) is 0 Å². The van der Waals surface area contributed by atoms with Crippen molar-refractivity contribution < 1.29 is 5.11 Å². The maximum atomic E-state index is 10.0. The van der Waals surface area contributed by atoms with E-state index in [1.807, 2.05) is 37.3 Å². The Morgan fingerprint density at radius 2 is 1.65 bits per heavy atom. The van der Waals surface area contributed by atoms with Gasteiger partial charge in [0, 0.05) is 3.57 Å². The predicted molar refractivity (Wildman–Crippen MR) is 76.2 cm³/mol. The fraction of sp³-hybridized carbons (Fsp3) is 0.0769. The van der Waals surface area contributed by atoms with Gasteiger partial charge in [0.25, 0.3) is 0 Å². The molecule has 3 aromatic rings. The summed E-state index contributed by atoms with van der Waals surface area (Å²) in [6.45, 7) is 1.87. The minimum Gasteiger partial charge on any atom is -0.505 e. The average molecular weight is 336 g/mol. The summed E-state index contributed by atoms with van der Waals surface area (Å²) in [4.78, 5) is 9.03. The summed E-state index contributed by atoms with van der Waals surface area (Å²) in [6, 6.07) is 9.59. The van der Waals surface area contributed by atoms with Crippen molar-refractivity contribution in [1.29, 1.82) is 0 Å². The first-order valence-electron chi connectivity index (χ1n) is 5.21. The number of benzene rings is 2. The van der Waals surface area contributed by atoms with Crippen molar-refractivity contribution in [2.75, 3.05) is 0 Å². The molecule has 0 aliphatic heterocycles. The fourth-order valence-corrected chi connectivity index (χ4v) is 2.69. The van der Waals surface area contributed by atoms with Gasteiger partial charge < -0.3 is 5.11 Å². The van der Waals surface area contributed by atoms with Crippen LogP contribution in [0.25, 0.3) is 22.1 Å². The third-order valence-electron chi connectivity index (χ3n) is 2.74. The first-order chi connectivity index (χ1) is 8.16.